The van der Waals surface area contributed by atoms with Gasteiger partial charge in [0.1, 0.15) is 0 Å². The van der Waals surface area contributed by atoms with Crippen molar-refractivity contribution in [2.24, 2.45) is 0 Å². The third-order valence-corrected chi connectivity index (χ3v) is 3.16. The summed E-state index contributed by atoms with van der Waals surface area (Å²) >= 11 is 0. The highest BCUT2D eigenvalue weighted by atomic mass is 16.4. The number of fused-ring (bicyclic) bond motifs is 1. The van der Waals surface area contributed by atoms with Crippen LogP contribution in [0.3, 0.4) is 0 Å². The monoisotopic (exact) mass is 247 g/mol. The van der Waals surface area contributed by atoms with Gasteiger partial charge in [0.25, 0.3) is 0 Å². The third kappa shape index (κ3) is 2.24. The Morgan fingerprint density at radius 2 is 2.17 bits per heavy atom. The van der Waals surface area contributed by atoms with E-state index in [0.717, 1.165) is 29.4 Å². The minimum absolute atomic E-state index is 0.150. The Kier molecular flexibility index (Phi) is 3.67. The minimum atomic E-state index is -0.908. The Labute approximate surface area is 105 Å². The van der Waals surface area contributed by atoms with Gasteiger partial charge in [-0.3, -0.25) is 0 Å². The maximum atomic E-state index is 11.0. The number of aliphatic hydroxyl groups excluding tert-OH is 1. The molecule has 18 heavy (non-hydrogen) atoms. The number of carboxylic acid groups (broad SMARTS) is 1. The number of hydrogen-bond acceptors (Lipinski definition) is 2. The van der Waals surface area contributed by atoms with Crippen LogP contribution in [-0.4, -0.2) is 27.4 Å². The first-order chi connectivity index (χ1) is 8.67. The van der Waals surface area contributed by atoms with E-state index < -0.39 is 5.97 Å². The van der Waals surface area contributed by atoms with E-state index in [0.29, 0.717) is 12.0 Å². The number of benzene rings is 1. The molecular weight excluding hydrogens is 230 g/mol. The lowest BCUT2D eigenvalue weighted by Crippen LogP contribution is -1.96. The number of nitrogens with zero attached hydrogens (tertiary/aromatic N) is 1. The second-order valence-corrected chi connectivity index (χ2v) is 4.30. The van der Waals surface area contributed by atoms with Gasteiger partial charge in [0.15, 0.2) is 0 Å². The smallest absolute Gasteiger partial charge is 0.335 e. The molecule has 0 unspecified atom stereocenters. The van der Waals surface area contributed by atoms with Crippen molar-refractivity contribution in [3.63, 3.8) is 0 Å². The molecule has 4 heteroatoms. The lowest BCUT2D eigenvalue weighted by molar-refractivity contribution is 0.0697. The fourth-order valence-corrected chi connectivity index (χ4v) is 2.23. The SMILES string of the molecule is CCn1cc(CCCO)c2cc(C(=O)O)ccc21. The summed E-state index contributed by atoms with van der Waals surface area (Å²) in [6, 6.07) is 5.20. The normalized spacial score (nSPS) is 11.0. The molecule has 0 aliphatic heterocycles. The average Bonchev–Trinajstić information content (AvgIpc) is 2.73. The molecule has 0 saturated carbocycles. The van der Waals surface area contributed by atoms with E-state index in [2.05, 4.69) is 11.5 Å². The Morgan fingerprint density at radius 1 is 1.39 bits per heavy atom. The molecule has 0 aliphatic carbocycles. The molecule has 0 aliphatic rings. The lowest BCUT2D eigenvalue weighted by Gasteiger charge is -2.01. The second kappa shape index (κ2) is 5.23. The van der Waals surface area contributed by atoms with E-state index in [9.17, 15) is 4.79 Å². The molecule has 0 atom stereocenters. The van der Waals surface area contributed by atoms with Crippen LogP contribution in [0.4, 0.5) is 0 Å². The van der Waals surface area contributed by atoms with Gasteiger partial charge >= 0.3 is 5.97 Å². The number of aromatic carboxylic acids is 1. The van der Waals surface area contributed by atoms with Crippen molar-refractivity contribution in [3.05, 3.63) is 35.5 Å². The zero-order chi connectivity index (χ0) is 13.1. The van der Waals surface area contributed by atoms with Gasteiger partial charge in [-0.15, -0.1) is 0 Å². The van der Waals surface area contributed by atoms with Crippen LogP contribution in [-0.2, 0) is 13.0 Å². The first kappa shape index (κ1) is 12.6. The molecule has 0 radical (unpaired) electrons. The Balaban J connectivity index is 2.54. The Morgan fingerprint density at radius 3 is 2.78 bits per heavy atom. The van der Waals surface area contributed by atoms with Gasteiger partial charge in [-0.05, 0) is 43.5 Å². The van der Waals surface area contributed by atoms with Gasteiger partial charge in [-0.2, -0.15) is 0 Å². The highest BCUT2D eigenvalue weighted by molar-refractivity contribution is 5.95. The fraction of sp³-hybridized carbons (Fsp3) is 0.357. The summed E-state index contributed by atoms with van der Waals surface area (Å²) in [6.07, 6.45) is 3.51. The Hall–Kier alpha value is -1.81. The third-order valence-electron chi connectivity index (χ3n) is 3.16. The molecule has 2 aromatic rings. The summed E-state index contributed by atoms with van der Waals surface area (Å²) < 4.78 is 2.10. The summed E-state index contributed by atoms with van der Waals surface area (Å²) in [4.78, 5) is 11.0. The van der Waals surface area contributed by atoms with Crippen molar-refractivity contribution in [2.75, 3.05) is 6.61 Å². The van der Waals surface area contributed by atoms with E-state index >= 15 is 0 Å². The maximum Gasteiger partial charge on any atom is 0.335 e. The van der Waals surface area contributed by atoms with E-state index in [1.165, 1.54) is 0 Å². The first-order valence-electron chi connectivity index (χ1n) is 6.13. The molecule has 0 spiro atoms. The van der Waals surface area contributed by atoms with Crippen LogP contribution in [0.25, 0.3) is 10.9 Å². The number of carboxylic acids is 1. The molecule has 1 aromatic carbocycles. The minimum Gasteiger partial charge on any atom is -0.478 e. The molecule has 2 N–H and O–H groups in total. The van der Waals surface area contributed by atoms with Crippen LogP contribution in [0.15, 0.2) is 24.4 Å². The van der Waals surface area contributed by atoms with Crippen molar-refractivity contribution in [1.29, 1.82) is 0 Å². The quantitative estimate of drug-likeness (QED) is 0.852. The summed E-state index contributed by atoms with van der Waals surface area (Å²) in [5, 5.41) is 18.9. The van der Waals surface area contributed by atoms with Crippen molar-refractivity contribution < 1.29 is 15.0 Å². The van der Waals surface area contributed by atoms with Crippen LogP contribution < -0.4 is 0 Å². The van der Waals surface area contributed by atoms with Crippen LogP contribution in [0.5, 0.6) is 0 Å². The van der Waals surface area contributed by atoms with Crippen LogP contribution in [0, 0.1) is 0 Å². The molecule has 1 aromatic heterocycles. The number of aliphatic hydroxyl groups is 1. The number of hydrogen-bond donors (Lipinski definition) is 2. The first-order valence-corrected chi connectivity index (χ1v) is 6.13. The summed E-state index contributed by atoms with van der Waals surface area (Å²) in [6.45, 7) is 3.06. The van der Waals surface area contributed by atoms with Gasteiger partial charge in [0.2, 0.25) is 0 Å². The van der Waals surface area contributed by atoms with Crippen molar-refractivity contribution >= 4 is 16.9 Å². The number of aryl methyl sites for hydroxylation is 2. The summed E-state index contributed by atoms with van der Waals surface area (Å²) in [5.74, 6) is -0.908. The zero-order valence-electron chi connectivity index (χ0n) is 10.4. The van der Waals surface area contributed by atoms with E-state index in [1.807, 2.05) is 12.3 Å². The predicted molar refractivity (Wildman–Crippen MR) is 70.0 cm³/mol. The summed E-state index contributed by atoms with van der Waals surface area (Å²) in [7, 11) is 0. The molecule has 0 fully saturated rings. The number of rotatable bonds is 5. The Bertz CT molecular complexity index is 572. The molecule has 2 rings (SSSR count). The largest absolute Gasteiger partial charge is 0.478 e. The molecule has 4 nitrogen and oxygen atoms in total. The van der Waals surface area contributed by atoms with Crippen molar-refractivity contribution in [3.8, 4) is 0 Å². The van der Waals surface area contributed by atoms with Crippen LogP contribution in [0.1, 0.15) is 29.3 Å². The molecule has 96 valence electrons. The standard InChI is InChI=1S/C14H17NO3/c1-2-15-9-11(4-3-7-16)12-8-10(14(17)18)5-6-13(12)15/h5-6,8-9,16H,2-4,7H2,1H3,(H,17,18). The van der Waals surface area contributed by atoms with E-state index in [4.69, 9.17) is 10.2 Å². The van der Waals surface area contributed by atoms with Crippen LogP contribution in [0.2, 0.25) is 0 Å². The fourth-order valence-electron chi connectivity index (χ4n) is 2.23. The van der Waals surface area contributed by atoms with Gasteiger partial charge in [0.05, 0.1) is 5.56 Å². The number of carbonyl (C=O) groups is 1. The average molecular weight is 247 g/mol. The number of aromatic nitrogens is 1. The second-order valence-electron chi connectivity index (χ2n) is 4.30. The van der Waals surface area contributed by atoms with E-state index in [1.54, 1.807) is 12.1 Å². The van der Waals surface area contributed by atoms with Crippen molar-refractivity contribution in [1.82, 2.24) is 4.57 Å². The highest BCUT2D eigenvalue weighted by Gasteiger charge is 2.10. The van der Waals surface area contributed by atoms with Crippen molar-refractivity contribution in [2.45, 2.75) is 26.3 Å². The zero-order valence-corrected chi connectivity index (χ0v) is 10.4. The molecule has 0 bridgehead atoms. The van der Waals surface area contributed by atoms with Gasteiger partial charge in [-0.1, -0.05) is 0 Å². The van der Waals surface area contributed by atoms with Crippen LogP contribution >= 0.6 is 0 Å². The van der Waals surface area contributed by atoms with E-state index in [-0.39, 0.29) is 6.61 Å². The lowest BCUT2D eigenvalue weighted by atomic mass is 10.1. The topological polar surface area (TPSA) is 62.5 Å². The van der Waals surface area contributed by atoms with Gasteiger partial charge in [-0.25, -0.2) is 4.79 Å². The maximum absolute atomic E-state index is 11.0. The summed E-state index contributed by atoms with van der Waals surface area (Å²) in [5.41, 5.74) is 2.46. The molecular formula is C14H17NO3. The van der Waals surface area contributed by atoms with Gasteiger partial charge < -0.3 is 14.8 Å². The predicted octanol–water partition coefficient (Wildman–Crippen LogP) is 2.28. The molecule has 0 saturated heterocycles. The molecule has 0 amide bonds. The van der Waals surface area contributed by atoms with Gasteiger partial charge in [0, 0.05) is 30.3 Å². The highest BCUT2D eigenvalue weighted by Crippen LogP contribution is 2.24. The molecule has 1 heterocycles.